The fourth-order valence-electron chi connectivity index (χ4n) is 1.54. The van der Waals surface area contributed by atoms with Crippen LogP contribution in [0.4, 0.5) is 0 Å². The van der Waals surface area contributed by atoms with Crippen molar-refractivity contribution >= 4 is 33.2 Å². The summed E-state index contributed by atoms with van der Waals surface area (Å²) in [6, 6.07) is 7.54. The van der Waals surface area contributed by atoms with E-state index in [9.17, 15) is 4.79 Å². The number of rotatable bonds is 2. The van der Waals surface area contributed by atoms with Crippen LogP contribution in [-0.4, -0.2) is 16.5 Å². The van der Waals surface area contributed by atoms with Gasteiger partial charge in [-0.25, -0.2) is 0 Å². The van der Waals surface area contributed by atoms with Crippen LogP contribution < -0.4 is 5.49 Å². The zero-order chi connectivity index (χ0) is 13.1. The second kappa shape index (κ2) is 5.63. The molecule has 0 fully saturated rings. The number of halogens is 1. The minimum absolute atomic E-state index is 0.0584. The maximum absolute atomic E-state index is 12.4. The summed E-state index contributed by atoms with van der Waals surface area (Å²) in [6.45, 7) is 3.98. The maximum atomic E-state index is 12.4. The first kappa shape index (κ1) is 13.2. The summed E-state index contributed by atoms with van der Waals surface area (Å²) >= 11 is 4.86. The summed E-state index contributed by atoms with van der Waals surface area (Å²) in [4.78, 5) is 16.8. The van der Waals surface area contributed by atoms with Gasteiger partial charge in [0, 0.05) is 17.6 Å². The molecule has 2 aromatic heterocycles. The third kappa shape index (κ3) is 2.97. The molecule has 5 heteroatoms. The van der Waals surface area contributed by atoms with Gasteiger partial charge in [0.25, 0.3) is 5.91 Å². The van der Waals surface area contributed by atoms with Gasteiger partial charge in [-0.2, -0.15) is 0 Å². The van der Waals surface area contributed by atoms with Crippen LogP contribution in [0.5, 0.6) is 0 Å². The standard InChI is InChI=1S/C13H13BrN2OS/c1-9(2)15-12-5-3-4-6-16(12)13(17)10-7-11(14)18-8-10/h3-9H,1-2H3. The molecule has 0 aliphatic heterocycles. The molecule has 0 saturated carbocycles. The van der Waals surface area contributed by atoms with Crippen molar-refractivity contribution in [2.45, 2.75) is 19.9 Å². The average molecular weight is 325 g/mol. The van der Waals surface area contributed by atoms with E-state index in [1.165, 1.54) is 11.3 Å². The molecule has 0 saturated heterocycles. The van der Waals surface area contributed by atoms with Crippen molar-refractivity contribution in [3.63, 3.8) is 0 Å². The van der Waals surface area contributed by atoms with Crippen LogP contribution in [0.15, 0.2) is 44.6 Å². The highest BCUT2D eigenvalue weighted by Gasteiger charge is 2.10. The lowest BCUT2D eigenvalue weighted by Gasteiger charge is -2.05. The number of aromatic nitrogens is 1. The van der Waals surface area contributed by atoms with Gasteiger partial charge in [-0.3, -0.25) is 14.4 Å². The highest BCUT2D eigenvalue weighted by atomic mass is 79.9. The Balaban J connectivity index is 2.49. The number of thiophene rings is 1. The van der Waals surface area contributed by atoms with Gasteiger partial charge in [-0.15, -0.1) is 11.3 Å². The summed E-state index contributed by atoms with van der Waals surface area (Å²) < 4.78 is 2.53. The highest BCUT2D eigenvalue weighted by Crippen LogP contribution is 2.20. The van der Waals surface area contributed by atoms with Crippen molar-refractivity contribution in [2.75, 3.05) is 0 Å². The lowest BCUT2D eigenvalue weighted by Crippen LogP contribution is -2.27. The van der Waals surface area contributed by atoms with E-state index < -0.39 is 0 Å². The first-order valence-electron chi connectivity index (χ1n) is 5.58. The van der Waals surface area contributed by atoms with E-state index in [4.69, 9.17) is 0 Å². The minimum atomic E-state index is -0.0584. The first-order chi connectivity index (χ1) is 8.58. The Labute approximate surface area is 118 Å². The smallest absolute Gasteiger partial charge is 0.264 e. The molecule has 0 aliphatic rings. The molecule has 2 rings (SSSR count). The predicted molar refractivity (Wildman–Crippen MR) is 76.9 cm³/mol. The van der Waals surface area contributed by atoms with Crippen LogP contribution in [0.1, 0.15) is 24.2 Å². The van der Waals surface area contributed by atoms with Crippen molar-refractivity contribution in [3.05, 3.63) is 50.7 Å². The molecule has 18 heavy (non-hydrogen) atoms. The van der Waals surface area contributed by atoms with Gasteiger partial charge in [0.2, 0.25) is 0 Å². The Morgan fingerprint density at radius 2 is 2.22 bits per heavy atom. The molecule has 0 aliphatic carbocycles. The molecule has 0 unspecified atom stereocenters. The summed E-state index contributed by atoms with van der Waals surface area (Å²) in [5.74, 6) is -0.0584. The molecular formula is C13H13BrN2OS. The summed E-state index contributed by atoms with van der Waals surface area (Å²) in [6.07, 6.45) is 1.75. The number of carbonyl (C=O) groups is 1. The largest absolute Gasteiger partial charge is 0.268 e. The molecule has 0 radical (unpaired) electrons. The second-order valence-corrected chi connectivity index (χ2v) is 6.39. The van der Waals surface area contributed by atoms with E-state index in [0.717, 1.165) is 3.79 Å². The molecule has 0 aromatic carbocycles. The molecule has 0 amide bonds. The van der Waals surface area contributed by atoms with Gasteiger partial charge >= 0.3 is 0 Å². The van der Waals surface area contributed by atoms with Crippen LogP contribution in [0.3, 0.4) is 0 Å². The van der Waals surface area contributed by atoms with Crippen LogP contribution in [0.2, 0.25) is 0 Å². The Morgan fingerprint density at radius 1 is 1.44 bits per heavy atom. The quantitative estimate of drug-likeness (QED) is 0.834. The maximum Gasteiger partial charge on any atom is 0.264 e. The van der Waals surface area contributed by atoms with E-state index in [1.54, 1.807) is 10.8 Å². The Hall–Kier alpha value is -1.20. The molecule has 0 spiro atoms. The van der Waals surface area contributed by atoms with Crippen molar-refractivity contribution in [1.82, 2.24) is 4.57 Å². The molecular weight excluding hydrogens is 312 g/mol. The molecule has 0 atom stereocenters. The molecule has 94 valence electrons. The van der Waals surface area contributed by atoms with Gasteiger partial charge in [0.1, 0.15) is 5.49 Å². The minimum Gasteiger partial charge on any atom is -0.268 e. The van der Waals surface area contributed by atoms with Gasteiger partial charge in [-0.1, -0.05) is 6.07 Å². The van der Waals surface area contributed by atoms with E-state index in [-0.39, 0.29) is 11.9 Å². The third-order valence-corrected chi connectivity index (χ3v) is 3.77. The fraction of sp³-hybridized carbons (Fsp3) is 0.231. The molecule has 0 N–H and O–H groups in total. The highest BCUT2D eigenvalue weighted by molar-refractivity contribution is 9.11. The van der Waals surface area contributed by atoms with E-state index in [0.29, 0.717) is 11.1 Å². The number of pyridine rings is 1. The monoisotopic (exact) mass is 324 g/mol. The van der Waals surface area contributed by atoms with E-state index in [1.807, 2.05) is 43.5 Å². The topological polar surface area (TPSA) is 34.4 Å². The third-order valence-electron chi connectivity index (χ3n) is 2.26. The van der Waals surface area contributed by atoms with Crippen LogP contribution in [0.25, 0.3) is 0 Å². The first-order valence-corrected chi connectivity index (χ1v) is 7.25. The fourth-order valence-corrected chi connectivity index (χ4v) is 2.67. The molecule has 0 bridgehead atoms. The molecule has 2 heterocycles. The second-order valence-electron chi connectivity index (χ2n) is 4.10. The van der Waals surface area contributed by atoms with Crippen LogP contribution >= 0.6 is 27.3 Å². The van der Waals surface area contributed by atoms with Crippen molar-refractivity contribution < 1.29 is 4.79 Å². The van der Waals surface area contributed by atoms with Crippen molar-refractivity contribution in [3.8, 4) is 0 Å². The SMILES string of the molecule is CC(C)N=c1ccccn1C(=O)c1csc(Br)c1. The lowest BCUT2D eigenvalue weighted by molar-refractivity contribution is 0.0955. The van der Waals surface area contributed by atoms with Crippen LogP contribution in [0, 0.1) is 0 Å². The lowest BCUT2D eigenvalue weighted by atomic mass is 10.3. The zero-order valence-electron chi connectivity index (χ0n) is 10.1. The predicted octanol–water partition coefficient (Wildman–Crippen LogP) is 3.31. The number of hydrogen-bond acceptors (Lipinski definition) is 3. The number of nitrogens with zero attached hydrogens (tertiary/aromatic N) is 2. The summed E-state index contributed by atoms with van der Waals surface area (Å²) in [5.41, 5.74) is 1.35. The normalized spacial score (nSPS) is 12.1. The van der Waals surface area contributed by atoms with E-state index >= 15 is 0 Å². The summed E-state index contributed by atoms with van der Waals surface area (Å²) in [5, 5.41) is 1.84. The summed E-state index contributed by atoms with van der Waals surface area (Å²) in [7, 11) is 0. The number of hydrogen-bond donors (Lipinski definition) is 0. The van der Waals surface area contributed by atoms with Crippen molar-refractivity contribution in [2.24, 2.45) is 4.99 Å². The van der Waals surface area contributed by atoms with Gasteiger partial charge < -0.3 is 0 Å². The Bertz CT molecular complexity index is 628. The van der Waals surface area contributed by atoms with Gasteiger partial charge in [0.15, 0.2) is 0 Å². The van der Waals surface area contributed by atoms with Gasteiger partial charge in [0.05, 0.1) is 9.35 Å². The van der Waals surface area contributed by atoms with Gasteiger partial charge in [-0.05, 0) is 48.0 Å². The Kier molecular flexibility index (Phi) is 4.14. The Morgan fingerprint density at radius 3 is 2.83 bits per heavy atom. The molecule has 3 nitrogen and oxygen atoms in total. The molecule has 2 aromatic rings. The van der Waals surface area contributed by atoms with Crippen molar-refractivity contribution in [1.29, 1.82) is 0 Å². The number of carbonyl (C=O) groups excluding carboxylic acids is 1. The van der Waals surface area contributed by atoms with E-state index in [2.05, 4.69) is 20.9 Å². The van der Waals surface area contributed by atoms with Crippen LogP contribution in [-0.2, 0) is 0 Å². The zero-order valence-corrected chi connectivity index (χ0v) is 12.5. The average Bonchev–Trinajstić information content (AvgIpc) is 2.75.